The number of carbonyl (C=O) groups excluding carboxylic acids is 1. The first-order chi connectivity index (χ1) is 12.6. The number of aromatic nitrogens is 2. The molecule has 0 saturated heterocycles. The third-order valence-electron chi connectivity index (χ3n) is 3.72. The van der Waals surface area contributed by atoms with Crippen LogP contribution in [-0.2, 0) is 17.6 Å². The maximum Gasteiger partial charge on any atom is 0.247 e. The molecule has 0 bridgehead atoms. The van der Waals surface area contributed by atoms with Crippen molar-refractivity contribution in [3.05, 3.63) is 65.0 Å². The number of amides is 1. The molecule has 134 valence electrons. The summed E-state index contributed by atoms with van der Waals surface area (Å²) in [5.41, 5.74) is 1.69. The quantitative estimate of drug-likeness (QED) is 0.689. The van der Waals surface area contributed by atoms with E-state index in [0.29, 0.717) is 36.2 Å². The molecule has 0 aliphatic rings. The SMILES string of the molecule is COc1cccc(-c2nnc(CCNC(=O)Cc3ccc(Cl)cc3)o2)c1. The van der Waals surface area contributed by atoms with Crippen molar-refractivity contribution in [2.45, 2.75) is 12.8 Å². The summed E-state index contributed by atoms with van der Waals surface area (Å²) in [5, 5.41) is 11.5. The number of ether oxygens (including phenoxy) is 1. The lowest BCUT2D eigenvalue weighted by atomic mass is 10.1. The van der Waals surface area contributed by atoms with Gasteiger partial charge in [0.15, 0.2) is 0 Å². The van der Waals surface area contributed by atoms with E-state index in [4.69, 9.17) is 20.8 Å². The largest absolute Gasteiger partial charge is 0.497 e. The Bertz CT molecular complexity index is 878. The third-order valence-corrected chi connectivity index (χ3v) is 3.97. The number of hydrogen-bond acceptors (Lipinski definition) is 5. The van der Waals surface area contributed by atoms with Gasteiger partial charge < -0.3 is 14.5 Å². The van der Waals surface area contributed by atoms with E-state index in [-0.39, 0.29) is 5.91 Å². The Morgan fingerprint density at radius 3 is 2.77 bits per heavy atom. The van der Waals surface area contributed by atoms with E-state index in [1.165, 1.54) is 0 Å². The average Bonchev–Trinajstić information content (AvgIpc) is 3.13. The van der Waals surface area contributed by atoms with Gasteiger partial charge in [-0.3, -0.25) is 4.79 Å². The number of rotatable bonds is 7. The Morgan fingerprint density at radius 1 is 1.19 bits per heavy atom. The average molecular weight is 372 g/mol. The van der Waals surface area contributed by atoms with E-state index in [9.17, 15) is 4.79 Å². The first-order valence-corrected chi connectivity index (χ1v) is 8.50. The van der Waals surface area contributed by atoms with Gasteiger partial charge in [-0.25, -0.2) is 0 Å². The van der Waals surface area contributed by atoms with Crippen LogP contribution in [0.4, 0.5) is 0 Å². The topological polar surface area (TPSA) is 77.3 Å². The van der Waals surface area contributed by atoms with Crippen LogP contribution in [0, 0.1) is 0 Å². The third kappa shape index (κ3) is 4.83. The molecule has 7 heteroatoms. The van der Waals surface area contributed by atoms with Gasteiger partial charge in [-0.05, 0) is 35.9 Å². The van der Waals surface area contributed by atoms with Crippen molar-refractivity contribution < 1.29 is 13.9 Å². The van der Waals surface area contributed by atoms with Crippen molar-refractivity contribution >= 4 is 17.5 Å². The van der Waals surface area contributed by atoms with Crippen LogP contribution >= 0.6 is 11.6 Å². The molecule has 0 saturated carbocycles. The van der Waals surface area contributed by atoms with Crippen LogP contribution in [0.3, 0.4) is 0 Å². The Labute approximate surface area is 156 Å². The second-order valence-electron chi connectivity index (χ2n) is 5.64. The van der Waals surface area contributed by atoms with Crippen LogP contribution in [-0.4, -0.2) is 29.8 Å². The maximum atomic E-state index is 12.0. The highest BCUT2D eigenvalue weighted by Crippen LogP contribution is 2.22. The van der Waals surface area contributed by atoms with Crippen molar-refractivity contribution in [2.24, 2.45) is 0 Å². The molecule has 1 heterocycles. The molecule has 0 spiro atoms. The number of benzene rings is 2. The van der Waals surface area contributed by atoms with Gasteiger partial charge in [0.05, 0.1) is 13.5 Å². The molecule has 1 aromatic heterocycles. The molecule has 1 amide bonds. The van der Waals surface area contributed by atoms with Crippen LogP contribution in [0.25, 0.3) is 11.5 Å². The summed E-state index contributed by atoms with van der Waals surface area (Å²) < 4.78 is 10.8. The Hall–Kier alpha value is -2.86. The summed E-state index contributed by atoms with van der Waals surface area (Å²) in [6.07, 6.45) is 0.763. The Kier molecular flexibility index (Phi) is 5.86. The number of nitrogens with one attached hydrogen (secondary N) is 1. The van der Waals surface area contributed by atoms with Crippen LogP contribution < -0.4 is 10.1 Å². The van der Waals surface area contributed by atoms with Crippen molar-refractivity contribution in [1.29, 1.82) is 0 Å². The number of methoxy groups -OCH3 is 1. The zero-order chi connectivity index (χ0) is 18.4. The molecule has 26 heavy (non-hydrogen) atoms. The molecule has 1 N–H and O–H groups in total. The minimum Gasteiger partial charge on any atom is -0.497 e. The second kappa shape index (κ2) is 8.49. The smallest absolute Gasteiger partial charge is 0.247 e. The molecule has 0 radical (unpaired) electrons. The Balaban J connectivity index is 1.50. The van der Waals surface area contributed by atoms with E-state index < -0.39 is 0 Å². The predicted octanol–water partition coefficient (Wildman–Crippen LogP) is 3.30. The van der Waals surface area contributed by atoms with Gasteiger partial charge in [-0.2, -0.15) is 0 Å². The van der Waals surface area contributed by atoms with Gasteiger partial charge in [-0.1, -0.05) is 29.8 Å². The predicted molar refractivity (Wildman–Crippen MR) is 98.2 cm³/mol. The molecule has 0 atom stereocenters. The van der Waals surface area contributed by atoms with E-state index in [0.717, 1.165) is 16.9 Å². The van der Waals surface area contributed by atoms with E-state index in [1.807, 2.05) is 36.4 Å². The lowest BCUT2D eigenvalue weighted by Gasteiger charge is -2.04. The molecule has 3 rings (SSSR count). The molecule has 0 fully saturated rings. The second-order valence-corrected chi connectivity index (χ2v) is 6.07. The fourth-order valence-corrected chi connectivity index (χ4v) is 2.51. The van der Waals surface area contributed by atoms with Crippen LogP contribution in [0.2, 0.25) is 5.02 Å². The number of nitrogens with zero attached hydrogens (tertiary/aromatic N) is 2. The standard InChI is InChI=1S/C19H18ClN3O3/c1-25-16-4-2-3-14(12-16)19-23-22-18(26-19)9-10-21-17(24)11-13-5-7-15(20)8-6-13/h2-8,12H,9-11H2,1H3,(H,21,24). The zero-order valence-electron chi connectivity index (χ0n) is 14.2. The van der Waals surface area contributed by atoms with E-state index in [1.54, 1.807) is 19.2 Å². The normalized spacial score (nSPS) is 10.5. The van der Waals surface area contributed by atoms with Gasteiger partial charge in [-0.15, -0.1) is 10.2 Å². The lowest BCUT2D eigenvalue weighted by molar-refractivity contribution is -0.120. The zero-order valence-corrected chi connectivity index (χ0v) is 15.0. The van der Waals surface area contributed by atoms with Crippen LogP contribution in [0.15, 0.2) is 52.9 Å². The Morgan fingerprint density at radius 2 is 2.00 bits per heavy atom. The maximum absolute atomic E-state index is 12.0. The molecular formula is C19H18ClN3O3. The molecule has 0 aliphatic carbocycles. The van der Waals surface area contributed by atoms with Gasteiger partial charge in [0, 0.05) is 23.6 Å². The van der Waals surface area contributed by atoms with Crippen molar-refractivity contribution in [1.82, 2.24) is 15.5 Å². The summed E-state index contributed by atoms with van der Waals surface area (Å²) in [6, 6.07) is 14.6. The van der Waals surface area contributed by atoms with Crippen molar-refractivity contribution in [2.75, 3.05) is 13.7 Å². The molecule has 2 aromatic carbocycles. The molecule has 3 aromatic rings. The number of carbonyl (C=O) groups is 1. The highest BCUT2D eigenvalue weighted by Gasteiger charge is 2.10. The fraction of sp³-hybridized carbons (Fsp3) is 0.211. The summed E-state index contributed by atoms with van der Waals surface area (Å²) in [6.45, 7) is 0.423. The van der Waals surface area contributed by atoms with Crippen LogP contribution in [0.1, 0.15) is 11.5 Å². The summed E-state index contributed by atoms with van der Waals surface area (Å²) in [5.74, 6) is 1.54. The monoisotopic (exact) mass is 371 g/mol. The number of halogens is 1. The van der Waals surface area contributed by atoms with Gasteiger partial charge in [0.1, 0.15) is 5.75 Å². The van der Waals surface area contributed by atoms with Gasteiger partial charge >= 0.3 is 0 Å². The van der Waals surface area contributed by atoms with E-state index >= 15 is 0 Å². The summed E-state index contributed by atoms with van der Waals surface area (Å²) >= 11 is 5.83. The number of hydrogen-bond donors (Lipinski definition) is 1. The summed E-state index contributed by atoms with van der Waals surface area (Å²) in [7, 11) is 1.60. The summed E-state index contributed by atoms with van der Waals surface area (Å²) in [4.78, 5) is 12.0. The van der Waals surface area contributed by atoms with Crippen LogP contribution in [0.5, 0.6) is 5.75 Å². The van der Waals surface area contributed by atoms with Crippen molar-refractivity contribution in [3.63, 3.8) is 0 Å². The molecule has 6 nitrogen and oxygen atoms in total. The minimum absolute atomic E-state index is 0.0696. The highest BCUT2D eigenvalue weighted by molar-refractivity contribution is 6.30. The molecular weight excluding hydrogens is 354 g/mol. The highest BCUT2D eigenvalue weighted by atomic mass is 35.5. The van der Waals surface area contributed by atoms with Gasteiger partial charge in [0.25, 0.3) is 0 Å². The molecule has 0 unspecified atom stereocenters. The fourth-order valence-electron chi connectivity index (χ4n) is 2.39. The molecule has 0 aliphatic heterocycles. The van der Waals surface area contributed by atoms with E-state index in [2.05, 4.69) is 15.5 Å². The minimum atomic E-state index is -0.0696. The van der Waals surface area contributed by atoms with Gasteiger partial charge in [0.2, 0.25) is 17.7 Å². The first kappa shape index (κ1) is 17.9. The van der Waals surface area contributed by atoms with Crippen molar-refractivity contribution in [3.8, 4) is 17.2 Å². The first-order valence-electron chi connectivity index (χ1n) is 8.12. The lowest BCUT2D eigenvalue weighted by Crippen LogP contribution is -2.27.